The molecule has 348 valence electrons. The zero-order valence-electron chi connectivity index (χ0n) is 41.2. The number of furan rings is 2. The Kier molecular flexibility index (Phi) is 9.81. The van der Waals surface area contributed by atoms with Crippen LogP contribution in [0.1, 0.15) is 36.5 Å². The quantitative estimate of drug-likeness (QED) is 0.135. The zero-order valence-corrected chi connectivity index (χ0v) is 41.2. The maximum atomic E-state index is 7.04. The summed E-state index contributed by atoms with van der Waals surface area (Å²) in [6.45, 7) is 8.94. The van der Waals surface area contributed by atoms with Crippen LogP contribution >= 0.6 is 0 Å². The Hall–Kier alpha value is -9.12. The highest BCUT2D eigenvalue weighted by molar-refractivity contribution is 6.30. The average Bonchev–Trinajstić information content (AvgIpc) is 4.01. The minimum absolute atomic E-state index is 0.364. The molecule has 0 aliphatic heterocycles. The van der Waals surface area contributed by atoms with Gasteiger partial charge in [-0.25, -0.2) is 0 Å². The fourth-order valence-electron chi connectivity index (χ4n) is 11.6. The molecule has 0 amide bonds. The number of hydrogen-bond donors (Lipinski definition) is 0. The molecule has 0 saturated carbocycles. The molecule has 73 heavy (non-hydrogen) atoms. The summed E-state index contributed by atoms with van der Waals surface area (Å²) in [6.07, 6.45) is 0. The molecule has 0 aliphatic carbocycles. The van der Waals surface area contributed by atoms with Gasteiger partial charge in [0.2, 0.25) is 0 Å². The summed E-state index contributed by atoms with van der Waals surface area (Å²) in [7, 11) is 0. The largest absolute Gasteiger partial charge is 0.454 e. The molecule has 2 heterocycles. The summed E-state index contributed by atoms with van der Waals surface area (Å²) in [5.41, 5.74) is 17.6. The summed E-state index contributed by atoms with van der Waals surface area (Å²) >= 11 is 0. The van der Waals surface area contributed by atoms with Crippen LogP contribution in [0.25, 0.3) is 98.4 Å². The van der Waals surface area contributed by atoms with Crippen molar-refractivity contribution in [1.29, 1.82) is 0 Å². The smallest absolute Gasteiger partial charge is 0.159 e. The van der Waals surface area contributed by atoms with Crippen molar-refractivity contribution >= 4 is 110 Å². The molecule has 4 heteroatoms. The number of rotatable bonds is 9. The third kappa shape index (κ3) is 6.82. The topological polar surface area (TPSA) is 32.8 Å². The molecule has 0 spiro atoms. The minimum atomic E-state index is 0.364. The van der Waals surface area contributed by atoms with E-state index in [1.54, 1.807) is 0 Å². The average molecular weight is 939 g/mol. The van der Waals surface area contributed by atoms with Gasteiger partial charge < -0.3 is 18.6 Å². The Morgan fingerprint density at radius 3 is 1.23 bits per heavy atom. The van der Waals surface area contributed by atoms with E-state index in [1.807, 2.05) is 0 Å². The molecule has 14 aromatic rings. The Balaban J connectivity index is 1.18. The van der Waals surface area contributed by atoms with Gasteiger partial charge in [0.25, 0.3) is 0 Å². The van der Waals surface area contributed by atoms with Gasteiger partial charge in [0.05, 0.1) is 34.1 Å². The molecule has 0 aliphatic rings. The fourth-order valence-corrected chi connectivity index (χ4v) is 11.6. The van der Waals surface area contributed by atoms with Crippen LogP contribution in [0.4, 0.5) is 34.1 Å². The number of fused-ring (bicyclic) bond motifs is 6. The van der Waals surface area contributed by atoms with Crippen LogP contribution < -0.4 is 9.80 Å². The predicted molar refractivity (Wildman–Crippen MR) is 309 cm³/mol. The SMILES string of the molecule is Cc1ccc(N(c2cc(N(c3ccc(C)cc3-c3ccccc3)c3cccc4c3oc3ccccc34)c3ccc4cc(C(C)C)cc5ccc2c3c54)c2cccc3c2oc2ccccc23)c(-c2ccccc2)c1. The zero-order chi connectivity index (χ0) is 48.9. The van der Waals surface area contributed by atoms with Crippen molar-refractivity contribution in [2.45, 2.75) is 33.6 Å². The summed E-state index contributed by atoms with van der Waals surface area (Å²) in [6, 6.07) is 82.0. The maximum Gasteiger partial charge on any atom is 0.159 e. The molecule has 0 bridgehead atoms. The highest BCUT2D eigenvalue weighted by Gasteiger charge is 2.30. The van der Waals surface area contributed by atoms with E-state index < -0.39 is 0 Å². The molecule has 0 saturated heterocycles. The van der Waals surface area contributed by atoms with Crippen molar-refractivity contribution in [3.05, 3.63) is 241 Å². The standard InChI is InChI=1S/C69H50N2O2/c1-42(2)49-39-47-31-33-54-62(70(58-35-29-43(3)37-56(58)45-17-7-5-8-18-45)60-25-15-23-52-50-21-11-13-27-64(50)72-68(52)60)41-63(55-34-32-48(40-49)66(47)67(54)55)71(59-36-30-44(4)38-57(59)46-19-9-6-10-20-46)61-26-16-24-53-51-22-12-14-28-65(51)73-69(53)61/h5-42H,1-4H3. The summed E-state index contributed by atoms with van der Waals surface area (Å²) < 4.78 is 14.1. The molecule has 4 nitrogen and oxygen atoms in total. The molecule has 12 aromatic carbocycles. The van der Waals surface area contributed by atoms with E-state index in [2.05, 4.69) is 262 Å². The number of para-hydroxylation sites is 4. The minimum Gasteiger partial charge on any atom is -0.454 e. The van der Waals surface area contributed by atoms with E-state index in [0.717, 1.165) is 111 Å². The van der Waals surface area contributed by atoms with Crippen molar-refractivity contribution in [3.63, 3.8) is 0 Å². The van der Waals surface area contributed by atoms with Crippen LogP contribution in [0.15, 0.2) is 233 Å². The van der Waals surface area contributed by atoms with E-state index in [4.69, 9.17) is 8.83 Å². The second-order valence-electron chi connectivity index (χ2n) is 20.0. The first-order valence-electron chi connectivity index (χ1n) is 25.3. The monoisotopic (exact) mass is 938 g/mol. The van der Waals surface area contributed by atoms with Gasteiger partial charge in [-0.15, -0.1) is 0 Å². The second kappa shape index (κ2) is 16.8. The van der Waals surface area contributed by atoms with E-state index in [0.29, 0.717) is 5.92 Å². The highest BCUT2D eigenvalue weighted by atomic mass is 16.3. The van der Waals surface area contributed by atoms with Crippen molar-refractivity contribution in [1.82, 2.24) is 0 Å². The third-order valence-corrected chi connectivity index (χ3v) is 15.0. The lowest BCUT2D eigenvalue weighted by molar-refractivity contribution is 0.669. The van der Waals surface area contributed by atoms with Crippen LogP contribution in [0.3, 0.4) is 0 Å². The van der Waals surface area contributed by atoms with Crippen LogP contribution in [0.5, 0.6) is 0 Å². The van der Waals surface area contributed by atoms with E-state index in [1.165, 1.54) is 38.2 Å². The lowest BCUT2D eigenvalue weighted by atomic mass is 9.88. The molecule has 0 atom stereocenters. The van der Waals surface area contributed by atoms with Crippen molar-refractivity contribution in [2.75, 3.05) is 9.80 Å². The predicted octanol–water partition coefficient (Wildman–Crippen LogP) is 20.4. The lowest BCUT2D eigenvalue weighted by Gasteiger charge is -2.34. The van der Waals surface area contributed by atoms with Crippen LogP contribution in [-0.2, 0) is 0 Å². The normalized spacial score (nSPS) is 12.0. The Labute approximate surface area is 423 Å². The lowest BCUT2D eigenvalue weighted by Crippen LogP contribution is -2.16. The van der Waals surface area contributed by atoms with Crippen LogP contribution in [0, 0.1) is 13.8 Å². The molecule has 0 fully saturated rings. The first-order valence-corrected chi connectivity index (χ1v) is 25.3. The van der Waals surface area contributed by atoms with E-state index >= 15 is 0 Å². The third-order valence-electron chi connectivity index (χ3n) is 15.0. The Morgan fingerprint density at radius 2 is 0.767 bits per heavy atom. The van der Waals surface area contributed by atoms with Gasteiger partial charge in [-0.05, 0) is 107 Å². The van der Waals surface area contributed by atoms with Gasteiger partial charge in [0.1, 0.15) is 11.2 Å². The number of benzene rings is 12. The number of aryl methyl sites for hydroxylation is 2. The van der Waals surface area contributed by atoms with Gasteiger partial charge in [-0.1, -0.05) is 195 Å². The molecular weight excluding hydrogens is 889 g/mol. The maximum absolute atomic E-state index is 7.04. The van der Waals surface area contributed by atoms with Gasteiger partial charge in [-0.2, -0.15) is 0 Å². The Morgan fingerprint density at radius 1 is 0.329 bits per heavy atom. The van der Waals surface area contributed by atoms with Crippen molar-refractivity contribution < 1.29 is 8.83 Å². The molecule has 14 rings (SSSR count). The Bertz CT molecular complexity index is 4170. The van der Waals surface area contributed by atoms with Crippen molar-refractivity contribution in [3.8, 4) is 22.3 Å². The summed E-state index contributed by atoms with van der Waals surface area (Å²) in [5.74, 6) is 0.364. The van der Waals surface area contributed by atoms with Gasteiger partial charge in [0.15, 0.2) is 11.2 Å². The first kappa shape index (κ1) is 42.7. The second-order valence-corrected chi connectivity index (χ2v) is 20.0. The molecule has 0 unspecified atom stereocenters. The van der Waals surface area contributed by atoms with E-state index in [9.17, 15) is 0 Å². The number of anilines is 6. The van der Waals surface area contributed by atoms with E-state index in [-0.39, 0.29) is 0 Å². The first-order chi connectivity index (χ1) is 35.9. The van der Waals surface area contributed by atoms with Gasteiger partial charge >= 0.3 is 0 Å². The van der Waals surface area contributed by atoms with Crippen LogP contribution in [-0.4, -0.2) is 0 Å². The molecular formula is C69H50N2O2. The number of nitrogens with zero attached hydrogens (tertiary/aromatic N) is 2. The summed E-state index contributed by atoms with van der Waals surface area (Å²) in [5, 5.41) is 11.5. The van der Waals surface area contributed by atoms with Gasteiger partial charge in [0, 0.05) is 48.8 Å². The summed E-state index contributed by atoms with van der Waals surface area (Å²) in [4.78, 5) is 4.96. The fraction of sp³-hybridized carbons (Fsp3) is 0.0725. The van der Waals surface area contributed by atoms with Crippen LogP contribution in [0.2, 0.25) is 0 Å². The molecule has 0 radical (unpaired) electrons. The molecule has 0 N–H and O–H groups in total. The highest BCUT2D eigenvalue weighted by Crippen LogP contribution is 2.55. The van der Waals surface area contributed by atoms with Gasteiger partial charge in [-0.3, -0.25) is 0 Å². The van der Waals surface area contributed by atoms with Crippen molar-refractivity contribution in [2.24, 2.45) is 0 Å². The number of hydrogen-bond acceptors (Lipinski definition) is 4. The molecule has 2 aromatic heterocycles.